The first-order chi connectivity index (χ1) is 10.1. The second kappa shape index (κ2) is 5.30. The van der Waals surface area contributed by atoms with Gasteiger partial charge in [-0.1, -0.05) is 18.2 Å². The molecule has 3 rings (SSSR count). The van der Waals surface area contributed by atoms with Crippen molar-refractivity contribution in [3.05, 3.63) is 52.4 Å². The molecule has 0 aliphatic carbocycles. The van der Waals surface area contributed by atoms with Crippen LogP contribution in [-0.2, 0) is 10.0 Å². The Balaban J connectivity index is 2.34. The maximum atomic E-state index is 12.8. The fourth-order valence-electron chi connectivity index (χ4n) is 2.15. The molecule has 2 heterocycles. The zero-order chi connectivity index (χ0) is 15.0. The molecular formula is C14H11IN2O3S. The highest BCUT2D eigenvalue weighted by atomic mass is 127. The Morgan fingerprint density at radius 3 is 2.57 bits per heavy atom. The number of nitrogens with zero attached hydrogens (tertiary/aromatic N) is 2. The summed E-state index contributed by atoms with van der Waals surface area (Å²) in [6.45, 7) is 0. The molecule has 0 aliphatic rings. The molecule has 5 nitrogen and oxygen atoms in total. The van der Waals surface area contributed by atoms with Crippen molar-refractivity contribution in [3.63, 3.8) is 0 Å². The molecule has 1 aromatic carbocycles. The quantitative estimate of drug-likeness (QED) is 0.619. The number of rotatable bonds is 3. The van der Waals surface area contributed by atoms with E-state index in [9.17, 15) is 8.42 Å². The number of aromatic nitrogens is 2. The molecule has 0 saturated heterocycles. The highest BCUT2D eigenvalue weighted by molar-refractivity contribution is 14.1. The maximum absolute atomic E-state index is 12.8. The highest BCUT2D eigenvalue weighted by Gasteiger charge is 2.23. The Kier molecular flexibility index (Phi) is 3.62. The van der Waals surface area contributed by atoms with Gasteiger partial charge in [-0.2, -0.15) is 0 Å². The fraction of sp³-hybridized carbons (Fsp3) is 0.0714. The Bertz CT molecular complexity index is 905. The van der Waals surface area contributed by atoms with Gasteiger partial charge in [0, 0.05) is 6.20 Å². The monoisotopic (exact) mass is 414 g/mol. The number of pyridine rings is 1. The predicted octanol–water partition coefficient (Wildman–Crippen LogP) is 2.89. The second-order valence-corrected chi connectivity index (χ2v) is 7.19. The van der Waals surface area contributed by atoms with Gasteiger partial charge in [0.25, 0.3) is 10.0 Å². The van der Waals surface area contributed by atoms with Crippen LogP contribution in [0.5, 0.6) is 5.88 Å². The van der Waals surface area contributed by atoms with Gasteiger partial charge < -0.3 is 4.74 Å². The van der Waals surface area contributed by atoms with Crippen LogP contribution in [0, 0.1) is 3.70 Å². The average molecular weight is 414 g/mol. The average Bonchev–Trinajstić information content (AvgIpc) is 2.84. The van der Waals surface area contributed by atoms with E-state index in [2.05, 4.69) is 4.98 Å². The highest BCUT2D eigenvalue weighted by Crippen LogP contribution is 2.30. The van der Waals surface area contributed by atoms with Gasteiger partial charge in [-0.15, -0.1) is 0 Å². The van der Waals surface area contributed by atoms with Gasteiger partial charge in [0.05, 0.1) is 26.6 Å². The molecule has 0 radical (unpaired) electrons. The molecule has 0 spiro atoms. The van der Waals surface area contributed by atoms with Gasteiger partial charge in [-0.05, 0) is 46.9 Å². The van der Waals surface area contributed by atoms with E-state index in [4.69, 9.17) is 4.74 Å². The smallest absolute Gasteiger partial charge is 0.269 e. The number of halogens is 1. The number of hydrogen-bond acceptors (Lipinski definition) is 4. The zero-order valence-electron chi connectivity index (χ0n) is 11.0. The van der Waals surface area contributed by atoms with Crippen molar-refractivity contribution in [1.29, 1.82) is 0 Å². The number of methoxy groups -OCH3 is 1. The van der Waals surface area contributed by atoms with Crippen molar-refractivity contribution in [3.8, 4) is 5.88 Å². The van der Waals surface area contributed by atoms with Crippen molar-refractivity contribution in [2.75, 3.05) is 7.11 Å². The van der Waals surface area contributed by atoms with Gasteiger partial charge >= 0.3 is 0 Å². The largest absolute Gasteiger partial charge is 0.481 e. The summed E-state index contributed by atoms with van der Waals surface area (Å²) >= 11 is 2.00. The molecule has 2 aromatic heterocycles. The predicted molar refractivity (Wildman–Crippen MR) is 88.0 cm³/mol. The van der Waals surface area contributed by atoms with Crippen LogP contribution >= 0.6 is 22.6 Å². The molecule has 0 atom stereocenters. The normalized spacial score (nSPS) is 11.7. The van der Waals surface area contributed by atoms with Crippen molar-refractivity contribution >= 4 is 43.5 Å². The van der Waals surface area contributed by atoms with E-state index in [-0.39, 0.29) is 4.90 Å². The molecule has 0 N–H and O–H groups in total. The minimum absolute atomic E-state index is 0.246. The van der Waals surface area contributed by atoms with E-state index in [0.29, 0.717) is 20.5 Å². The van der Waals surface area contributed by atoms with Crippen LogP contribution in [0.2, 0.25) is 0 Å². The van der Waals surface area contributed by atoms with Crippen LogP contribution in [0.25, 0.3) is 10.9 Å². The first kappa shape index (κ1) is 14.3. The molecule has 108 valence electrons. The third-order valence-corrected chi connectivity index (χ3v) is 5.94. The van der Waals surface area contributed by atoms with Crippen LogP contribution in [0.4, 0.5) is 0 Å². The molecule has 0 unspecified atom stereocenters. The summed E-state index contributed by atoms with van der Waals surface area (Å²) in [4.78, 5) is 4.35. The molecule has 21 heavy (non-hydrogen) atoms. The lowest BCUT2D eigenvalue weighted by molar-refractivity contribution is 0.403. The van der Waals surface area contributed by atoms with Crippen molar-refractivity contribution in [1.82, 2.24) is 8.96 Å². The Morgan fingerprint density at radius 1 is 1.19 bits per heavy atom. The van der Waals surface area contributed by atoms with Gasteiger partial charge in [0.15, 0.2) is 0 Å². The van der Waals surface area contributed by atoms with Crippen LogP contribution < -0.4 is 4.74 Å². The summed E-state index contributed by atoms with van der Waals surface area (Å²) in [6.07, 6.45) is 1.54. The third kappa shape index (κ3) is 2.30. The summed E-state index contributed by atoms with van der Waals surface area (Å²) in [7, 11) is -2.14. The SMILES string of the molecule is COc1nccc2c1cc(I)n2S(=O)(=O)c1ccccc1. The number of benzene rings is 1. The lowest BCUT2D eigenvalue weighted by atomic mass is 10.3. The molecule has 3 aromatic rings. The topological polar surface area (TPSA) is 61.2 Å². The molecule has 7 heteroatoms. The van der Waals surface area contributed by atoms with Crippen LogP contribution in [0.3, 0.4) is 0 Å². The van der Waals surface area contributed by atoms with Crippen LogP contribution in [0.1, 0.15) is 0 Å². The summed E-state index contributed by atoms with van der Waals surface area (Å²) < 4.78 is 32.7. The van der Waals surface area contributed by atoms with Crippen molar-refractivity contribution in [2.24, 2.45) is 0 Å². The van der Waals surface area contributed by atoms with E-state index in [1.165, 1.54) is 17.3 Å². The van der Waals surface area contributed by atoms with Gasteiger partial charge in [0.2, 0.25) is 5.88 Å². The van der Waals surface area contributed by atoms with Crippen LogP contribution in [-0.4, -0.2) is 24.5 Å². The first-order valence-corrected chi connectivity index (χ1v) is 8.58. The van der Waals surface area contributed by atoms with E-state index in [0.717, 1.165) is 0 Å². The first-order valence-electron chi connectivity index (χ1n) is 6.06. The minimum Gasteiger partial charge on any atom is -0.481 e. The fourth-order valence-corrected chi connectivity index (χ4v) is 4.92. The standard InChI is InChI=1S/C14H11IN2O3S/c1-20-14-11-9-13(15)17(12(11)7-8-16-14)21(18,19)10-5-3-2-4-6-10/h2-9H,1H3. The van der Waals surface area contributed by atoms with E-state index in [1.807, 2.05) is 22.6 Å². The Labute approximate surface area is 135 Å². The molecule has 0 aliphatic heterocycles. The Morgan fingerprint density at radius 2 is 1.90 bits per heavy atom. The zero-order valence-corrected chi connectivity index (χ0v) is 14.0. The molecule has 0 saturated carbocycles. The summed E-state index contributed by atoms with van der Waals surface area (Å²) in [6, 6.07) is 11.8. The number of fused-ring (bicyclic) bond motifs is 1. The maximum Gasteiger partial charge on any atom is 0.269 e. The molecule has 0 fully saturated rings. The Hall–Kier alpha value is -1.61. The third-order valence-electron chi connectivity index (χ3n) is 3.08. The molecule has 0 amide bonds. The second-order valence-electron chi connectivity index (χ2n) is 4.30. The molecule has 0 bridgehead atoms. The summed E-state index contributed by atoms with van der Waals surface area (Å²) in [5.41, 5.74) is 0.551. The summed E-state index contributed by atoms with van der Waals surface area (Å²) in [5, 5.41) is 0.670. The lowest BCUT2D eigenvalue weighted by Gasteiger charge is -2.09. The van der Waals surface area contributed by atoms with E-state index >= 15 is 0 Å². The van der Waals surface area contributed by atoms with E-state index in [1.54, 1.807) is 42.5 Å². The van der Waals surface area contributed by atoms with Crippen molar-refractivity contribution in [2.45, 2.75) is 4.90 Å². The number of ether oxygens (including phenoxy) is 1. The molecular weight excluding hydrogens is 403 g/mol. The summed E-state index contributed by atoms with van der Waals surface area (Å²) in [5.74, 6) is 0.410. The number of hydrogen-bond donors (Lipinski definition) is 0. The van der Waals surface area contributed by atoms with Crippen molar-refractivity contribution < 1.29 is 13.2 Å². The van der Waals surface area contributed by atoms with Gasteiger partial charge in [-0.25, -0.2) is 17.4 Å². The minimum atomic E-state index is -3.65. The van der Waals surface area contributed by atoms with Gasteiger partial charge in [-0.3, -0.25) is 0 Å². The lowest BCUT2D eigenvalue weighted by Crippen LogP contribution is -2.14. The van der Waals surface area contributed by atoms with E-state index < -0.39 is 10.0 Å². The van der Waals surface area contributed by atoms with Gasteiger partial charge in [0.1, 0.15) is 0 Å². The van der Waals surface area contributed by atoms with Crippen LogP contribution in [0.15, 0.2) is 53.6 Å².